The van der Waals surface area contributed by atoms with Gasteiger partial charge in [-0.15, -0.1) is 0 Å². The summed E-state index contributed by atoms with van der Waals surface area (Å²) in [6.07, 6.45) is 12.6. The van der Waals surface area contributed by atoms with E-state index in [9.17, 15) is 0 Å². The molecule has 0 heterocycles. The zero-order valence-corrected chi connectivity index (χ0v) is 26.5. The summed E-state index contributed by atoms with van der Waals surface area (Å²) in [5.41, 5.74) is 9.61. The molecule has 0 aromatic heterocycles. The van der Waals surface area contributed by atoms with Gasteiger partial charge >= 0.3 is 197 Å². The number of benzene rings is 2. The Balaban J connectivity index is 0.00000153. The number of halogens is 2. The Hall–Kier alpha value is -0.367. The maximum Gasteiger partial charge on any atom is -1.00 e. The van der Waals surface area contributed by atoms with Gasteiger partial charge in [-0.1, -0.05) is 0 Å². The molecule has 174 valence electrons. The van der Waals surface area contributed by atoms with Crippen molar-refractivity contribution in [3.8, 4) is 11.1 Å². The van der Waals surface area contributed by atoms with Gasteiger partial charge in [-0.2, -0.15) is 0 Å². The zero-order valence-electron chi connectivity index (χ0n) is 20.9. The van der Waals surface area contributed by atoms with Crippen LogP contribution in [0.5, 0.6) is 0 Å². The maximum atomic E-state index is 2.54. The third-order valence-corrected chi connectivity index (χ3v) is 16.2. The van der Waals surface area contributed by atoms with Crippen LogP contribution in [0.2, 0.25) is 0 Å². The fourth-order valence-corrected chi connectivity index (χ4v) is 14.9. The minimum atomic E-state index is -1.96. The van der Waals surface area contributed by atoms with Gasteiger partial charge in [-0.3, -0.25) is 0 Å². The smallest absolute Gasteiger partial charge is 1.00 e. The van der Waals surface area contributed by atoms with Gasteiger partial charge in [0.1, 0.15) is 0 Å². The zero-order chi connectivity index (χ0) is 22.0. The van der Waals surface area contributed by atoms with E-state index in [1.807, 2.05) is 6.49 Å². The average Bonchev–Trinajstić information content (AvgIpc) is 3.29. The van der Waals surface area contributed by atoms with E-state index in [1.165, 1.54) is 47.9 Å². The van der Waals surface area contributed by atoms with E-state index in [-0.39, 0.29) is 44.8 Å². The second kappa shape index (κ2) is 9.95. The quantitative estimate of drug-likeness (QED) is 0.470. The molecule has 3 aliphatic carbocycles. The molecule has 0 aliphatic heterocycles. The van der Waals surface area contributed by atoms with Crippen LogP contribution in [-0.4, -0.2) is 3.21 Å². The van der Waals surface area contributed by atoms with Crippen LogP contribution < -0.4 is 34.0 Å². The topological polar surface area (TPSA) is 0 Å². The van der Waals surface area contributed by atoms with Crippen LogP contribution >= 0.6 is 0 Å². The molecular formula is C30H36Br2Zr. The van der Waals surface area contributed by atoms with E-state index < -0.39 is 21.3 Å². The van der Waals surface area contributed by atoms with E-state index in [0.717, 1.165) is 0 Å². The summed E-state index contributed by atoms with van der Waals surface area (Å²) in [6, 6.07) is 15.0. The van der Waals surface area contributed by atoms with Crippen LogP contribution in [-0.2, 0) is 32.1 Å². The number of hydrogen-bond donors (Lipinski definition) is 0. The molecule has 3 aliphatic rings. The third kappa shape index (κ3) is 4.99. The molecule has 0 atom stereocenters. The second-order valence-corrected chi connectivity index (χ2v) is 18.5. The standard InChI is InChI=1S/C21H25.C5H5.C4H6.2BrH.Zr/c1-20(2,3)16-9-7-14-11-15-8-10-17(21(4,5)6)13-19(15)18(14)12-16;1-2-4-5-3-1;1-2-4-3-1;;;/h7-13H,1-6H3;1-3H,4H2;1-3H2;2*1H;/q;;;;;+2/p-2. The Morgan fingerprint density at radius 2 is 1.27 bits per heavy atom. The predicted molar refractivity (Wildman–Crippen MR) is 132 cm³/mol. The van der Waals surface area contributed by atoms with E-state index in [1.54, 1.807) is 11.1 Å². The number of allylic oxidation sites excluding steroid dienone is 4. The summed E-state index contributed by atoms with van der Waals surface area (Å²) in [7, 11) is 0. The van der Waals surface area contributed by atoms with Crippen LogP contribution in [0, 0.1) is 0 Å². The van der Waals surface area contributed by atoms with Crippen molar-refractivity contribution in [3.05, 3.63) is 80.2 Å². The Bertz CT molecular complexity index is 1080. The average molecular weight is 648 g/mol. The molecule has 33 heavy (non-hydrogen) atoms. The van der Waals surface area contributed by atoms with Gasteiger partial charge in [0, 0.05) is 0 Å². The molecule has 1 saturated carbocycles. The maximum absolute atomic E-state index is 2.54. The fraction of sp³-hybridized carbons (Fsp3) is 0.433. The van der Waals surface area contributed by atoms with Crippen LogP contribution in [0.15, 0.2) is 57.9 Å². The van der Waals surface area contributed by atoms with Gasteiger partial charge in [-0.05, 0) is 0 Å². The monoisotopic (exact) mass is 644 g/mol. The van der Waals surface area contributed by atoms with E-state index in [0.29, 0.717) is 3.63 Å². The van der Waals surface area contributed by atoms with Crippen LogP contribution in [0.1, 0.15) is 93.1 Å². The minimum Gasteiger partial charge on any atom is -1.00 e. The number of hydrogen-bond acceptors (Lipinski definition) is 0. The summed E-state index contributed by atoms with van der Waals surface area (Å²) < 4.78 is 4.46. The second-order valence-electron chi connectivity index (χ2n) is 11.7. The molecule has 0 nitrogen and oxygen atoms in total. The first-order valence-corrected chi connectivity index (χ1v) is 15.9. The van der Waals surface area contributed by atoms with Gasteiger partial charge in [0.15, 0.2) is 0 Å². The van der Waals surface area contributed by atoms with Gasteiger partial charge in [0.2, 0.25) is 0 Å². The Labute approximate surface area is 229 Å². The summed E-state index contributed by atoms with van der Waals surface area (Å²) in [5.74, 6) is 0. The van der Waals surface area contributed by atoms with Gasteiger partial charge in [-0.25, -0.2) is 0 Å². The van der Waals surface area contributed by atoms with Crippen molar-refractivity contribution in [2.75, 3.05) is 0 Å². The molecule has 3 heteroatoms. The molecule has 0 unspecified atom stereocenters. The van der Waals surface area contributed by atoms with Gasteiger partial charge in [0.05, 0.1) is 0 Å². The molecule has 2 aromatic rings. The first-order valence-electron chi connectivity index (χ1n) is 12.0. The molecule has 5 rings (SSSR count). The summed E-state index contributed by atoms with van der Waals surface area (Å²) in [6.45, 7) is 14.0. The molecule has 1 fully saturated rings. The van der Waals surface area contributed by atoms with Crippen molar-refractivity contribution >= 4 is 3.21 Å². The van der Waals surface area contributed by atoms with Gasteiger partial charge in [0.25, 0.3) is 0 Å². The molecule has 0 amide bonds. The fourth-order valence-electron chi connectivity index (χ4n) is 5.38. The summed E-state index contributed by atoms with van der Waals surface area (Å²) >= 11 is -1.96. The van der Waals surface area contributed by atoms with Crippen molar-refractivity contribution < 1.29 is 55.2 Å². The molecule has 0 N–H and O–H groups in total. The first kappa shape index (κ1) is 27.2. The Kier molecular flexibility index (Phi) is 8.20. The normalized spacial score (nSPS) is 16.6. The van der Waals surface area contributed by atoms with Crippen LogP contribution in [0.25, 0.3) is 11.1 Å². The van der Waals surface area contributed by atoms with Crippen molar-refractivity contribution in [2.45, 2.75) is 81.7 Å². The predicted octanol–water partition coefficient (Wildman–Crippen LogP) is 2.18. The van der Waals surface area contributed by atoms with E-state index in [4.69, 9.17) is 0 Å². The Morgan fingerprint density at radius 3 is 1.64 bits per heavy atom. The summed E-state index contributed by atoms with van der Waals surface area (Å²) in [4.78, 5) is 0. The molecule has 0 spiro atoms. The first-order chi connectivity index (χ1) is 14.6. The molecule has 0 bridgehead atoms. The van der Waals surface area contributed by atoms with Crippen LogP contribution in [0.3, 0.4) is 0 Å². The van der Waals surface area contributed by atoms with Gasteiger partial charge < -0.3 is 34.0 Å². The van der Waals surface area contributed by atoms with Crippen LogP contribution in [0.4, 0.5) is 0 Å². The van der Waals surface area contributed by atoms with Crippen molar-refractivity contribution in [2.24, 2.45) is 0 Å². The summed E-state index contributed by atoms with van der Waals surface area (Å²) in [5, 5.41) is 0. The van der Waals surface area contributed by atoms with E-state index >= 15 is 0 Å². The molecule has 2 aromatic carbocycles. The third-order valence-electron chi connectivity index (χ3n) is 7.49. The largest absolute Gasteiger partial charge is 1.00 e. The Morgan fingerprint density at radius 1 is 0.758 bits per heavy atom. The number of fused-ring (bicyclic) bond motifs is 3. The molecule has 0 radical (unpaired) electrons. The number of rotatable bonds is 2. The van der Waals surface area contributed by atoms with Crippen molar-refractivity contribution in [3.63, 3.8) is 0 Å². The van der Waals surface area contributed by atoms with Crippen molar-refractivity contribution in [1.82, 2.24) is 0 Å². The molecule has 0 saturated heterocycles. The van der Waals surface area contributed by atoms with E-state index in [2.05, 4.69) is 96.2 Å². The SMILES string of the molecule is CC(C)(C)c1ccc2c(c1)-c1cc(C(C)(C)C)ccc1[CH]2[Zr+2]([C]1=CC=CC1)=[C]1CCC1.[Br-].[Br-]. The minimum absolute atomic E-state index is 0. The van der Waals surface area contributed by atoms with Crippen molar-refractivity contribution in [1.29, 1.82) is 0 Å². The molecular weight excluding hydrogens is 611 g/mol.